The van der Waals surface area contributed by atoms with Crippen LogP contribution in [-0.4, -0.2) is 59.4 Å². The zero-order valence-electron chi connectivity index (χ0n) is 22.4. The Balaban J connectivity index is 1.50. The lowest BCUT2D eigenvalue weighted by Gasteiger charge is -2.39. The zero-order valence-corrected chi connectivity index (χ0v) is 22.4. The summed E-state index contributed by atoms with van der Waals surface area (Å²) >= 11 is 0. The molecule has 10 heteroatoms. The van der Waals surface area contributed by atoms with Crippen LogP contribution in [0.3, 0.4) is 0 Å². The number of fused-ring (bicyclic) bond motifs is 8. The molecule has 40 heavy (non-hydrogen) atoms. The van der Waals surface area contributed by atoms with Gasteiger partial charge in [-0.1, -0.05) is 26.0 Å². The number of hydrogen-bond acceptors (Lipinski definition) is 6. The zero-order chi connectivity index (χ0) is 28.2. The van der Waals surface area contributed by atoms with E-state index in [1.807, 2.05) is 19.9 Å². The minimum absolute atomic E-state index is 0.0160. The molecule has 3 aromatic rings. The quantitative estimate of drug-likeness (QED) is 0.485. The molecule has 5 rings (SSSR count). The highest BCUT2D eigenvalue weighted by Gasteiger charge is 2.35. The summed E-state index contributed by atoms with van der Waals surface area (Å²) in [5, 5.41) is 5.77. The Labute approximate surface area is 231 Å². The van der Waals surface area contributed by atoms with Crippen molar-refractivity contribution in [3.05, 3.63) is 77.9 Å². The molecule has 2 aromatic carbocycles. The maximum absolute atomic E-state index is 14.5. The summed E-state index contributed by atoms with van der Waals surface area (Å²) in [5.74, 6) is -0.720. The standard InChI is InChI=1S/C30H31FN4O5/c1-18(2)30(38)35-7-6-27-26(16-35)34-29(37)22-10-21(14-32-15-22)20-4-3-5-24(11-20)39-17-28(36)33-13-19-8-23(31)12-25(9-19)40-27/h3-5,8-12,14-15,18,26-27H,6-7,13,16-17H2,1-2H3,(H,33,36)(H,34,37)/t26-,27+/m1/s1. The van der Waals surface area contributed by atoms with Gasteiger partial charge in [-0.25, -0.2) is 4.39 Å². The number of piperidine rings is 1. The van der Waals surface area contributed by atoms with Crippen molar-refractivity contribution in [3.63, 3.8) is 0 Å². The number of pyridine rings is 1. The molecule has 0 saturated carbocycles. The fraction of sp³-hybridized carbons (Fsp3) is 0.333. The highest BCUT2D eigenvalue weighted by molar-refractivity contribution is 5.95. The van der Waals surface area contributed by atoms with Crippen molar-refractivity contribution in [2.75, 3.05) is 19.7 Å². The molecule has 9 nitrogen and oxygen atoms in total. The summed E-state index contributed by atoms with van der Waals surface area (Å²) in [6, 6.07) is 12.5. The maximum Gasteiger partial charge on any atom is 0.258 e. The first kappa shape index (κ1) is 27.1. The largest absolute Gasteiger partial charge is 0.488 e. The van der Waals surface area contributed by atoms with Crippen LogP contribution < -0.4 is 20.1 Å². The molecule has 6 bridgehead atoms. The lowest BCUT2D eigenvalue weighted by Crippen LogP contribution is -2.58. The van der Waals surface area contributed by atoms with E-state index >= 15 is 0 Å². The predicted molar refractivity (Wildman–Crippen MR) is 145 cm³/mol. The number of carbonyl (C=O) groups excluding carboxylic acids is 3. The van der Waals surface area contributed by atoms with Crippen LogP contribution in [0.15, 0.2) is 60.9 Å². The van der Waals surface area contributed by atoms with Crippen LogP contribution in [0.2, 0.25) is 0 Å². The molecule has 3 heterocycles. The Hall–Kier alpha value is -4.47. The Morgan fingerprint density at radius 3 is 2.70 bits per heavy atom. The summed E-state index contributed by atoms with van der Waals surface area (Å²) in [6.07, 6.45) is 3.03. The van der Waals surface area contributed by atoms with Gasteiger partial charge in [0.05, 0.1) is 11.6 Å². The number of benzene rings is 2. The molecule has 2 aliphatic rings. The van der Waals surface area contributed by atoms with Crippen LogP contribution in [0.1, 0.15) is 36.2 Å². The summed E-state index contributed by atoms with van der Waals surface area (Å²) < 4.78 is 26.4. The van der Waals surface area contributed by atoms with Gasteiger partial charge in [0.25, 0.3) is 11.8 Å². The molecule has 1 saturated heterocycles. The van der Waals surface area contributed by atoms with Crippen molar-refractivity contribution in [2.45, 2.75) is 39.0 Å². The molecular weight excluding hydrogens is 515 g/mol. The number of aromatic nitrogens is 1. The normalized spacial score (nSPS) is 19.6. The van der Waals surface area contributed by atoms with Gasteiger partial charge >= 0.3 is 0 Å². The fourth-order valence-corrected chi connectivity index (χ4v) is 4.88. The van der Waals surface area contributed by atoms with Gasteiger partial charge in [0, 0.05) is 56.0 Å². The van der Waals surface area contributed by atoms with E-state index in [1.165, 1.54) is 18.3 Å². The topological polar surface area (TPSA) is 110 Å². The minimum atomic E-state index is -0.558. The van der Waals surface area contributed by atoms with E-state index in [1.54, 1.807) is 41.4 Å². The smallest absolute Gasteiger partial charge is 0.258 e. The van der Waals surface area contributed by atoms with Crippen molar-refractivity contribution in [1.29, 1.82) is 0 Å². The van der Waals surface area contributed by atoms with Gasteiger partial charge in [-0.05, 0) is 41.5 Å². The molecule has 208 valence electrons. The number of likely N-dealkylation sites (tertiary alicyclic amines) is 1. The monoisotopic (exact) mass is 546 g/mol. The van der Waals surface area contributed by atoms with E-state index in [0.717, 1.165) is 5.56 Å². The highest BCUT2D eigenvalue weighted by atomic mass is 19.1. The number of rotatable bonds is 1. The highest BCUT2D eigenvalue weighted by Crippen LogP contribution is 2.26. The molecule has 1 fully saturated rings. The molecule has 2 aliphatic heterocycles. The van der Waals surface area contributed by atoms with Crippen LogP contribution in [0.25, 0.3) is 11.1 Å². The van der Waals surface area contributed by atoms with E-state index in [9.17, 15) is 18.8 Å². The fourth-order valence-electron chi connectivity index (χ4n) is 4.88. The average molecular weight is 547 g/mol. The molecule has 0 unspecified atom stereocenters. The third kappa shape index (κ3) is 6.39. The summed E-state index contributed by atoms with van der Waals surface area (Å²) in [5.41, 5.74) is 2.30. The molecule has 0 spiro atoms. The first-order valence-corrected chi connectivity index (χ1v) is 13.3. The Kier molecular flexibility index (Phi) is 7.95. The van der Waals surface area contributed by atoms with E-state index in [-0.39, 0.29) is 49.1 Å². The number of ether oxygens (including phenoxy) is 2. The second-order valence-corrected chi connectivity index (χ2v) is 10.3. The van der Waals surface area contributed by atoms with Crippen LogP contribution in [0, 0.1) is 11.7 Å². The molecule has 2 atom stereocenters. The Morgan fingerprint density at radius 1 is 1.05 bits per heavy atom. The SMILES string of the molecule is CC(C)C(=O)N1CC[C@@H]2Oc3cc(F)cc(c3)CNC(=O)COc3cccc(c3)-c3cncc(c3)C(=O)N[C@@H]2C1. The van der Waals surface area contributed by atoms with Gasteiger partial charge in [0.1, 0.15) is 23.4 Å². The molecule has 1 aromatic heterocycles. The van der Waals surface area contributed by atoms with Gasteiger partial charge in [0.15, 0.2) is 6.61 Å². The van der Waals surface area contributed by atoms with Crippen molar-refractivity contribution < 1.29 is 28.2 Å². The van der Waals surface area contributed by atoms with E-state index in [0.29, 0.717) is 35.4 Å². The lowest BCUT2D eigenvalue weighted by molar-refractivity contribution is -0.137. The maximum atomic E-state index is 14.5. The van der Waals surface area contributed by atoms with E-state index in [4.69, 9.17) is 9.47 Å². The van der Waals surface area contributed by atoms with Gasteiger partial charge in [0.2, 0.25) is 5.91 Å². The van der Waals surface area contributed by atoms with Gasteiger partial charge in [-0.2, -0.15) is 0 Å². The molecule has 3 amide bonds. The van der Waals surface area contributed by atoms with Crippen LogP contribution in [0.4, 0.5) is 4.39 Å². The van der Waals surface area contributed by atoms with E-state index in [2.05, 4.69) is 15.6 Å². The van der Waals surface area contributed by atoms with Crippen molar-refractivity contribution in [3.8, 4) is 22.6 Å². The van der Waals surface area contributed by atoms with Crippen LogP contribution >= 0.6 is 0 Å². The third-order valence-corrected chi connectivity index (χ3v) is 6.92. The van der Waals surface area contributed by atoms with Gasteiger partial charge in [-0.15, -0.1) is 0 Å². The van der Waals surface area contributed by atoms with Crippen molar-refractivity contribution >= 4 is 17.7 Å². The van der Waals surface area contributed by atoms with Crippen molar-refractivity contribution in [1.82, 2.24) is 20.5 Å². The summed E-state index contributed by atoms with van der Waals surface area (Å²) in [7, 11) is 0. The number of carbonyl (C=O) groups is 3. The first-order chi connectivity index (χ1) is 19.2. The first-order valence-electron chi connectivity index (χ1n) is 13.3. The summed E-state index contributed by atoms with van der Waals surface area (Å²) in [6.45, 7) is 4.21. The molecule has 0 radical (unpaired) electrons. The number of nitrogens with one attached hydrogen (secondary N) is 2. The Morgan fingerprint density at radius 2 is 1.88 bits per heavy atom. The number of halogens is 1. The van der Waals surface area contributed by atoms with Crippen molar-refractivity contribution in [2.24, 2.45) is 5.92 Å². The second-order valence-electron chi connectivity index (χ2n) is 10.3. The van der Waals surface area contributed by atoms with Crippen LogP contribution in [0.5, 0.6) is 11.5 Å². The molecule has 2 N–H and O–H groups in total. The predicted octanol–water partition coefficient (Wildman–Crippen LogP) is 3.33. The minimum Gasteiger partial charge on any atom is -0.488 e. The lowest BCUT2D eigenvalue weighted by atomic mass is 9.99. The third-order valence-electron chi connectivity index (χ3n) is 6.92. The number of nitrogens with zero attached hydrogens (tertiary/aromatic N) is 2. The Bertz CT molecular complexity index is 1430. The molecular formula is C30H31FN4O5. The summed E-state index contributed by atoms with van der Waals surface area (Å²) in [4.78, 5) is 44.6. The van der Waals surface area contributed by atoms with Gasteiger partial charge < -0.3 is 25.0 Å². The van der Waals surface area contributed by atoms with Gasteiger partial charge in [-0.3, -0.25) is 19.4 Å². The number of amides is 3. The van der Waals surface area contributed by atoms with E-state index < -0.39 is 18.0 Å². The average Bonchev–Trinajstić information content (AvgIpc) is 2.95. The second kappa shape index (κ2) is 11.7. The number of hydrogen-bond donors (Lipinski definition) is 2. The van der Waals surface area contributed by atoms with Crippen LogP contribution in [-0.2, 0) is 16.1 Å². The molecule has 0 aliphatic carbocycles.